The highest BCUT2D eigenvalue weighted by atomic mass is 16.5. The Bertz CT molecular complexity index is 798. The monoisotopic (exact) mass is 395 g/mol. The van der Waals surface area contributed by atoms with E-state index in [1.807, 2.05) is 25.3 Å². The molecule has 29 heavy (non-hydrogen) atoms. The Morgan fingerprint density at radius 3 is 2.45 bits per heavy atom. The van der Waals surface area contributed by atoms with Crippen molar-refractivity contribution in [2.24, 2.45) is 0 Å². The van der Waals surface area contributed by atoms with Gasteiger partial charge in [-0.15, -0.1) is 0 Å². The largest absolute Gasteiger partial charge is 0.493 e. The summed E-state index contributed by atoms with van der Waals surface area (Å²) >= 11 is 0. The van der Waals surface area contributed by atoms with Gasteiger partial charge in [-0.3, -0.25) is 0 Å². The lowest BCUT2D eigenvalue weighted by atomic mass is 10.2. The van der Waals surface area contributed by atoms with Crippen LogP contribution in [-0.2, 0) is 13.1 Å². The van der Waals surface area contributed by atoms with Crippen LogP contribution in [0.4, 0.5) is 5.82 Å². The molecule has 1 aliphatic rings. The Hall–Kier alpha value is -2.53. The van der Waals surface area contributed by atoms with Crippen molar-refractivity contribution in [3.8, 4) is 11.5 Å². The molecule has 1 N–H and O–H groups in total. The number of anilines is 1. The predicted octanol–water partition coefficient (Wildman–Crippen LogP) is 4.72. The lowest BCUT2D eigenvalue weighted by molar-refractivity contribution is 0.319. The molecule has 2 aromatic rings. The van der Waals surface area contributed by atoms with Crippen molar-refractivity contribution in [3.63, 3.8) is 0 Å². The van der Waals surface area contributed by atoms with Crippen LogP contribution < -0.4 is 19.7 Å². The second-order valence-electron chi connectivity index (χ2n) is 7.76. The van der Waals surface area contributed by atoms with E-state index >= 15 is 0 Å². The van der Waals surface area contributed by atoms with Crippen LogP contribution in [0, 0.1) is 0 Å². The smallest absolute Gasteiger partial charge is 0.161 e. The van der Waals surface area contributed by atoms with Crippen molar-refractivity contribution in [3.05, 3.63) is 59.8 Å². The van der Waals surface area contributed by atoms with Gasteiger partial charge in [0.05, 0.1) is 7.11 Å². The van der Waals surface area contributed by atoms with Crippen LogP contribution >= 0.6 is 0 Å². The van der Waals surface area contributed by atoms with Crippen LogP contribution in [0.25, 0.3) is 0 Å². The van der Waals surface area contributed by atoms with Gasteiger partial charge in [-0.1, -0.05) is 25.5 Å². The molecule has 0 unspecified atom stereocenters. The minimum atomic E-state index is 0.490. The van der Waals surface area contributed by atoms with E-state index in [9.17, 15) is 0 Å². The van der Waals surface area contributed by atoms with Crippen LogP contribution in [-0.4, -0.2) is 31.8 Å². The quantitative estimate of drug-likeness (QED) is 0.623. The maximum atomic E-state index is 5.82. The van der Waals surface area contributed by atoms with Crippen LogP contribution in [0.3, 0.4) is 0 Å². The molecule has 0 bridgehead atoms. The lowest BCUT2D eigenvalue weighted by Gasteiger charge is -2.21. The number of nitrogens with zero attached hydrogens (tertiary/aromatic N) is 2. The third-order valence-electron chi connectivity index (χ3n) is 5.10. The predicted molar refractivity (Wildman–Crippen MR) is 119 cm³/mol. The molecule has 1 aromatic heterocycles. The summed E-state index contributed by atoms with van der Waals surface area (Å²) in [5, 5.41) is 3.53. The summed E-state index contributed by atoms with van der Waals surface area (Å²) in [6.45, 7) is 10.1. The molecule has 0 amide bonds. The molecule has 1 aromatic carbocycles. The topological polar surface area (TPSA) is 46.6 Å². The van der Waals surface area contributed by atoms with Gasteiger partial charge in [0, 0.05) is 32.4 Å². The summed E-state index contributed by atoms with van der Waals surface area (Å²) in [7, 11) is 1.66. The zero-order valence-corrected chi connectivity index (χ0v) is 17.7. The maximum Gasteiger partial charge on any atom is 0.161 e. The zero-order chi connectivity index (χ0) is 20.5. The van der Waals surface area contributed by atoms with Gasteiger partial charge in [0.25, 0.3) is 0 Å². The molecule has 1 fully saturated rings. The Labute approximate surface area is 174 Å². The number of nitrogens with one attached hydrogen (secondary N) is 1. The zero-order valence-electron chi connectivity index (χ0n) is 17.7. The number of pyridine rings is 1. The minimum absolute atomic E-state index is 0.490. The van der Waals surface area contributed by atoms with Crippen LogP contribution in [0.1, 0.15) is 43.7 Å². The van der Waals surface area contributed by atoms with E-state index in [0.717, 1.165) is 54.6 Å². The number of aromatic nitrogens is 1. The van der Waals surface area contributed by atoms with Crippen molar-refractivity contribution in [2.75, 3.05) is 31.7 Å². The second-order valence-corrected chi connectivity index (χ2v) is 7.76. The van der Waals surface area contributed by atoms with Crippen LogP contribution in [0.5, 0.6) is 11.5 Å². The van der Waals surface area contributed by atoms with E-state index in [-0.39, 0.29) is 0 Å². The number of hydrogen-bond donors (Lipinski definition) is 1. The van der Waals surface area contributed by atoms with Gasteiger partial charge < -0.3 is 19.7 Å². The molecule has 3 rings (SSSR count). The highest BCUT2D eigenvalue weighted by Crippen LogP contribution is 2.28. The van der Waals surface area contributed by atoms with Crippen molar-refractivity contribution < 1.29 is 9.47 Å². The molecule has 5 heteroatoms. The number of rotatable bonds is 9. The first-order chi connectivity index (χ1) is 14.2. The van der Waals surface area contributed by atoms with E-state index in [1.54, 1.807) is 7.11 Å². The first-order valence-electron chi connectivity index (χ1n) is 10.5. The fraction of sp³-hybridized carbons (Fsp3) is 0.458. The van der Waals surface area contributed by atoms with Gasteiger partial charge >= 0.3 is 0 Å². The third kappa shape index (κ3) is 6.50. The highest BCUT2D eigenvalue weighted by molar-refractivity contribution is 5.43. The summed E-state index contributed by atoms with van der Waals surface area (Å²) in [6.07, 6.45) is 7.11. The van der Waals surface area contributed by atoms with Crippen molar-refractivity contribution in [2.45, 2.75) is 45.7 Å². The van der Waals surface area contributed by atoms with E-state index in [4.69, 9.17) is 9.47 Å². The first kappa shape index (κ1) is 21.2. The van der Waals surface area contributed by atoms with Crippen molar-refractivity contribution in [1.29, 1.82) is 0 Å². The van der Waals surface area contributed by atoms with Gasteiger partial charge in [0.15, 0.2) is 11.5 Å². The summed E-state index contributed by atoms with van der Waals surface area (Å²) in [5.74, 6) is 2.60. The van der Waals surface area contributed by atoms with E-state index in [1.165, 1.54) is 31.2 Å². The van der Waals surface area contributed by atoms with E-state index < -0.39 is 0 Å². The highest BCUT2D eigenvalue weighted by Gasteiger charge is 2.11. The molecule has 0 aliphatic carbocycles. The lowest BCUT2D eigenvalue weighted by Crippen LogP contribution is -2.25. The van der Waals surface area contributed by atoms with Crippen molar-refractivity contribution >= 4 is 5.82 Å². The minimum Gasteiger partial charge on any atom is -0.493 e. The Morgan fingerprint density at radius 1 is 1.03 bits per heavy atom. The van der Waals surface area contributed by atoms with Crippen LogP contribution in [0.15, 0.2) is 48.7 Å². The average Bonchev–Trinajstić information content (AvgIpc) is 3.02. The molecule has 0 radical (unpaired) electrons. The molecule has 0 saturated carbocycles. The number of methoxy groups -OCH3 is 1. The summed E-state index contributed by atoms with van der Waals surface area (Å²) in [6, 6.07) is 10.4. The summed E-state index contributed by atoms with van der Waals surface area (Å²) in [5.41, 5.74) is 3.39. The maximum absolute atomic E-state index is 5.82. The molecule has 1 aliphatic heterocycles. The average molecular weight is 396 g/mol. The molecule has 0 atom stereocenters. The fourth-order valence-electron chi connectivity index (χ4n) is 3.54. The third-order valence-corrected chi connectivity index (χ3v) is 5.10. The molecule has 5 nitrogen and oxygen atoms in total. The van der Waals surface area contributed by atoms with Gasteiger partial charge in [-0.2, -0.15) is 0 Å². The van der Waals surface area contributed by atoms with Crippen LogP contribution in [0.2, 0.25) is 0 Å². The fourth-order valence-corrected chi connectivity index (χ4v) is 3.54. The first-order valence-corrected chi connectivity index (χ1v) is 10.5. The van der Waals surface area contributed by atoms with Gasteiger partial charge in [0.1, 0.15) is 12.4 Å². The molecule has 2 heterocycles. The summed E-state index contributed by atoms with van der Waals surface area (Å²) < 4.78 is 11.2. The van der Waals surface area contributed by atoms with E-state index in [0.29, 0.717) is 6.61 Å². The summed E-state index contributed by atoms with van der Waals surface area (Å²) in [4.78, 5) is 7.02. The van der Waals surface area contributed by atoms with Gasteiger partial charge in [-0.05, 0) is 60.7 Å². The standard InChI is InChI=1S/C24H33N3O2/c1-19(2)18-29-23-14-20(8-9-22(23)28-3)16-25-17-21-10-11-26-24(15-21)27-12-6-4-5-7-13-27/h8-11,14-15,25H,1,4-7,12-13,16-18H2,2-3H3. The van der Waals surface area contributed by atoms with E-state index in [2.05, 4.69) is 40.0 Å². The Morgan fingerprint density at radius 2 is 1.76 bits per heavy atom. The normalized spacial score (nSPS) is 14.3. The molecular formula is C24H33N3O2. The SMILES string of the molecule is C=C(C)COc1cc(CNCc2ccnc(N3CCCCCC3)c2)ccc1OC. The molecule has 156 valence electrons. The molecular weight excluding hydrogens is 362 g/mol. The van der Waals surface area contributed by atoms with Crippen molar-refractivity contribution in [1.82, 2.24) is 10.3 Å². The number of ether oxygens (including phenoxy) is 2. The second kappa shape index (κ2) is 10.9. The van der Waals surface area contributed by atoms with Gasteiger partial charge in [-0.25, -0.2) is 4.98 Å². The van der Waals surface area contributed by atoms with Gasteiger partial charge in [0.2, 0.25) is 0 Å². The Balaban J connectivity index is 1.57. The number of hydrogen-bond acceptors (Lipinski definition) is 5. The molecule has 1 saturated heterocycles. The molecule has 0 spiro atoms. The number of benzene rings is 1. The Kier molecular flexibility index (Phi) is 7.94.